The van der Waals surface area contributed by atoms with Gasteiger partial charge in [0, 0.05) is 42.6 Å². The number of nitrogens with one attached hydrogen (secondary N) is 2. The first-order valence-electron chi connectivity index (χ1n) is 12.1. The van der Waals surface area contributed by atoms with Crippen LogP contribution in [-0.4, -0.2) is 67.3 Å². The van der Waals surface area contributed by atoms with Crippen LogP contribution in [0.25, 0.3) is 10.9 Å². The highest BCUT2D eigenvalue weighted by Gasteiger charge is 2.31. The van der Waals surface area contributed by atoms with Gasteiger partial charge in [0.2, 0.25) is 15.6 Å². The van der Waals surface area contributed by atoms with Crippen molar-refractivity contribution >= 4 is 26.8 Å². The van der Waals surface area contributed by atoms with E-state index in [2.05, 4.69) is 15.2 Å². The number of fused-ring (bicyclic) bond motifs is 1. The summed E-state index contributed by atoms with van der Waals surface area (Å²) in [5, 5.41) is 3.36. The van der Waals surface area contributed by atoms with Gasteiger partial charge in [-0.2, -0.15) is 4.31 Å². The number of piperidine rings is 1. The van der Waals surface area contributed by atoms with Crippen molar-refractivity contribution in [2.45, 2.75) is 62.8 Å². The van der Waals surface area contributed by atoms with Crippen molar-refractivity contribution in [3.8, 4) is 0 Å². The number of hydrogen-bond acceptors (Lipinski definition) is 5. The van der Waals surface area contributed by atoms with Crippen molar-refractivity contribution in [1.82, 2.24) is 19.5 Å². The Labute approximate surface area is 195 Å². The number of carbonyl (C=O) groups excluding carboxylic acids is 1. The summed E-state index contributed by atoms with van der Waals surface area (Å²) in [5.41, 5.74) is 0.264. The smallest absolute Gasteiger partial charge is 0.252 e. The molecule has 0 spiro atoms. The molecule has 180 valence electrons. The molecule has 0 radical (unpaired) electrons. The van der Waals surface area contributed by atoms with E-state index in [1.54, 1.807) is 10.4 Å². The average Bonchev–Trinajstić information content (AvgIpc) is 3.07. The zero-order valence-electron chi connectivity index (χ0n) is 19.3. The number of likely N-dealkylation sites (tertiary alicyclic amines) is 1. The van der Waals surface area contributed by atoms with Crippen molar-refractivity contribution in [3.63, 3.8) is 0 Å². The van der Waals surface area contributed by atoms with Gasteiger partial charge in [0.25, 0.3) is 5.91 Å². The first-order valence-corrected chi connectivity index (χ1v) is 13.5. The number of rotatable bonds is 6. The molecular formula is C24H34N4O4S. The Balaban J connectivity index is 1.57. The van der Waals surface area contributed by atoms with Crippen LogP contribution >= 0.6 is 0 Å². The molecule has 9 heteroatoms. The Hall–Kier alpha value is -2.23. The maximum absolute atomic E-state index is 13.3. The SMILES string of the molecule is C[C@@H]1CCCCN1S(=O)(=O)c1ccc2[nH]c(=O)cc(C(=O)NCCN3CCCCCC3)c2c1. The number of hydrogen-bond donors (Lipinski definition) is 2. The Morgan fingerprint density at radius 3 is 2.52 bits per heavy atom. The number of aromatic nitrogens is 1. The molecule has 0 unspecified atom stereocenters. The van der Waals surface area contributed by atoms with E-state index in [4.69, 9.17) is 0 Å². The molecule has 4 rings (SSSR count). The standard InChI is InChI=1S/C24H34N4O4S/c1-18-8-4-7-14-28(18)33(31,32)19-9-10-22-20(16-19)21(17-23(29)26-22)24(30)25-11-15-27-12-5-2-3-6-13-27/h9-10,16-18H,2-8,11-15H2,1H3,(H,25,30)(H,26,29)/t18-/m1/s1. The van der Waals surface area contributed by atoms with Crippen LogP contribution in [0.1, 0.15) is 62.2 Å². The predicted molar refractivity (Wildman–Crippen MR) is 129 cm³/mol. The number of carbonyl (C=O) groups is 1. The van der Waals surface area contributed by atoms with Gasteiger partial charge in [0.1, 0.15) is 0 Å². The van der Waals surface area contributed by atoms with E-state index in [9.17, 15) is 18.0 Å². The quantitative estimate of drug-likeness (QED) is 0.670. The number of benzene rings is 1. The van der Waals surface area contributed by atoms with Crippen LogP contribution in [0.4, 0.5) is 0 Å². The number of sulfonamides is 1. The second-order valence-electron chi connectivity index (χ2n) is 9.23. The van der Waals surface area contributed by atoms with E-state index in [1.165, 1.54) is 43.9 Å². The lowest BCUT2D eigenvalue weighted by molar-refractivity contribution is 0.0950. The largest absolute Gasteiger partial charge is 0.351 e. The molecule has 8 nitrogen and oxygen atoms in total. The van der Waals surface area contributed by atoms with Gasteiger partial charge in [0.15, 0.2) is 0 Å². The number of H-pyrrole nitrogens is 1. The summed E-state index contributed by atoms with van der Waals surface area (Å²) in [6, 6.07) is 5.80. The molecule has 0 bridgehead atoms. The fraction of sp³-hybridized carbons (Fsp3) is 0.583. The summed E-state index contributed by atoms with van der Waals surface area (Å²) in [4.78, 5) is 30.4. The van der Waals surface area contributed by atoms with Crippen LogP contribution in [0.5, 0.6) is 0 Å². The lowest BCUT2D eigenvalue weighted by atomic mass is 10.1. The van der Waals surface area contributed by atoms with Crippen molar-refractivity contribution in [1.29, 1.82) is 0 Å². The highest BCUT2D eigenvalue weighted by Crippen LogP contribution is 2.27. The number of amides is 1. The summed E-state index contributed by atoms with van der Waals surface area (Å²) in [6.45, 7) is 5.76. The average molecular weight is 475 g/mol. The molecule has 0 aliphatic carbocycles. The molecule has 33 heavy (non-hydrogen) atoms. The summed E-state index contributed by atoms with van der Waals surface area (Å²) in [6.07, 6.45) is 7.57. The molecule has 2 aliphatic rings. The normalized spacial score (nSPS) is 21.1. The van der Waals surface area contributed by atoms with Crippen LogP contribution in [0.3, 0.4) is 0 Å². The number of aromatic amines is 1. The second-order valence-corrected chi connectivity index (χ2v) is 11.1. The Bertz CT molecular complexity index is 1150. The molecule has 2 aliphatic heterocycles. The van der Waals surface area contributed by atoms with Gasteiger partial charge in [-0.15, -0.1) is 0 Å². The van der Waals surface area contributed by atoms with Gasteiger partial charge in [-0.3, -0.25) is 9.59 Å². The van der Waals surface area contributed by atoms with Crippen LogP contribution < -0.4 is 10.9 Å². The fourth-order valence-electron chi connectivity index (χ4n) is 4.93. The third-order valence-electron chi connectivity index (χ3n) is 6.82. The minimum Gasteiger partial charge on any atom is -0.351 e. The third-order valence-corrected chi connectivity index (χ3v) is 8.83. The molecule has 1 amide bonds. The molecule has 2 aromatic rings. The van der Waals surface area contributed by atoms with E-state index in [0.29, 0.717) is 24.0 Å². The summed E-state index contributed by atoms with van der Waals surface area (Å²) in [5.74, 6) is -0.359. The van der Waals surface area contributed by atoms with Crippen molar-refractivity contribution in [2.24, 2.45) is 0 Å². The Morgan fingerprint density at radius 2 is 1.79 bits per heavy atom. The molecule has 1 atom stereocenters. The Kier molecular flexibility index (Phi) is 7.51. The molecule has 1 aromatic carbocycles. The zero-order valence-corrected chi connectivity index (χ0v) is 20.1. The lowest BCUT2D eigenvalue weighted by Gasteiger charge is -2.32. The van der Waals surface area contributed by atoms with Crippen LogP contribution in [-0.2, 0) is 10.0 Å². The van der Waals surface area contributed by atoms with Gasteiger partial charge < -0.3 is 15.2 Å². The summed E-state index contributed by atoms with van der Waals surface area (Å²) >= 11 is 0. The zero-order chi connectivity index (χ0) is 23.4. The van der Waals surface area contributed by atoms with E-state index in [-0.39, 0.29) is 28.0 Å². The molecule has 1 aromatic heterocycles. The van der Waals surface area contributed by atoms with Crippen molar-refractivity contribution in [3.05, 3.63) is 40.2 Å². The molecule has 3 heterocycles. The van der Waals surface area contributed by atoms with Crippen LogP contribution in [0.15, 0.2) is 34.0 Å². The highest BCUT2D eigenvalue weighted by molar-refractivity contribution is 7.89. The fourth-order valence-corrected chi connectivity index (χ4v) is 6.65. The van der Waals surface area contributed by atoms with Crippen LogP contribution in [0, 0.1) is 0 Å². The molecule has 2 saturated heterocycles. The van der Waals surface area contributed by atoms with Crippen molar-refractivity contribution in [2.75, 3.05) is 32.7 Å². The first-order chi connectivity index (χ1) is 15.9. The van der Waals surface area contributed by atoms with Gasteiger partial charge in [-0.05, 0) is 63.9 Å². The molecule has 0 saturated carbocycles. The minimum atomic E-state index is -3.69. The topological polar surface area (TPSA) is 103 Å². The minimum absolute atomic E-state index is 0.0585. The summed E-state index contributed by atoms with van der Waals surface area (Å²) < 4.78 is 28.2. The van der Waals surface area contributed by atoms with Gasteiger partial charge in [0.05, 0.1) is 10.5 Å². The molecular weight excluding hydrogens is 440 g/mol. The first kappa shape index (κ1) is 23.9. The maximum atomic E-state index is 13.3. The lowest BCUT2D eigenvalue weighted by Crippen LogP contribution is -2.41. The Morgan fingerprint density at radius 1 is 1.06 bits per heavy atom. The van der Waals surface area contributed by atoms with Crippen LogP contribution in [0.2, 0.25) is 0 Å². The second kappa shape index (κ2) is 10.4. The molecule has 2 fully saturated rings. The van der Waals surface area contributed by atoms with E-state index in [0.717, 1.165) is 38.9 Å². The van der Waals surface area contributed by atoms with E-state index in [1.807, 2.05) is 6.92 Å². The van der Waals surface area contributed by atoms with Gasteiger partial charge in [-0.1, -0.05) is 19.3 Å². The number of pyridine rings is 1. The predicted octanol–water partition coefficient (Wildman–Crippen LogP) is 2.70. The number of nitrogens with zero attached hydrogens (tertiary/aromatic N) is 2. The maximum Gasteiger partial charge on any atom is 0.252 e. The monoisotopic (exact) mass is 474 g/mol. The summed E-state index contributed by atoms with van der Waals surface area (Å²) in [7, 11) is -3.69. The molecule has 2 N–H and O–H groups in total. The van der Waals surface area contributed by atoms with E-state index >= 15 is 0 Å². The highest BCUT2D eigenvalue weighted by atomic mass is 32.2. The third kappa shape index (κ3) is 5.47. The van der Waals surface area contributed by atoms with Gasteiger partial charge >= 0.3 is 0 Å². The van der Waals surface area contributed by atoms with E-state index < -0.39 is 10.0 Å². The van der Waals surface area contributed by atoms with Crippen molar-refractivity contribution < 1.29 is 13.2 Å². The van der Waals surface area contributed by atoms with Gasteiger partial charge in [-0.25, -0.2) is 8.42 Å².